The number of rotatable bonds is 6. The molecule has 0 atom stereocenters. The van der Waals surface area contributed by atoms with Gasteiger partial charge in [-0.2, -0.15) is 0 Å². The molecule has 0 aliphatic heterocycles. The van der Waals surface area contributed by atoms with Gasteiger partial charge in [-0.1, -0.05) is 32.9 Å². The maximum atomic E-state index is 12.1. The third kappa shape index (κ3) is 5.36. The summed E-state index contributed by atoms with van der Waals surface area (Å²) in [6.07, 6.45) is 2.43. The topological polar surface area (TPSA) is 51.2 Å². The summed E-state index contributed by atoms with van der Waals surface area (Å²) in [6.45, 7) is 9.49. The van der Waals surface area contributed by atoms with Crippen LogP contribution in [0.1, 0.15) is 47.4 Å². The highest BCUT2D eigenvalue weighted by Gasteiger charge is 2.20. The monoisotopic (exact) mass is 332 g/mol. The molecule has 0 saturated carbocycles. The molecule has 2 rings (SSSR count). The standard InChI is InChI=1S/C18H24N2O2S/c1-13-7-5-8-14(11-13)22-10-6-9-19-16(21)15-12-20-17(23-15)18(2,3)4/h5,7-8,11-12H,6,9-10H2,1-4H3,(H,19,21). The summed E-state index contributed by atoms with van der Waals surface area (Å²) in [6, 6.07) is 7.96. The van der Waals surface area contributed by atoms with Crippen LogP contribution < -0.4 is 10.1 Å². The molecule has 0 radical (unpaired) electrons. The quantitative estimate of drug-likeness (QED) is 0.815. The lowest BCUT2D eigenvalue weighted by atomic mass is 9.98. The van der Waals surface area contributed by atoms with Crippen molar-refractivity contribution < 1.29 is 9.53 Å². The third-order valence-electron chi connectivity index (χ3n) is 3.24. The number of thiazole rings is 1. The highest BCUT2D eigenvalue weighted by atomic mass is 32.1. The van der Waals surface area contributed by atoms with E-state index in [0.717, 1.165) is 17.2 Å². The normalized spacial score (nSPS) is 11.3. The van der Waals surface area contributed by atoms with Gasteiger partial charge >= 0.3 is 0 Å². The molecule has 1 aromatic heterocycles. The first-order chi connectivity index (χ1) is 10.9. The smallest absolute Gasteiger partial charge is 0.263 e. The number of carbonyl (C=O) groups is 1. The Bertz CT molecular complexity index is 659. The van der Waals surface area contributed by atoms with Crippen molar-refractivity contribution in [1.82, 2.24) is 10.3 Å². The van der Waals surface area contributed by atoms with Crippen molar-refractivity contribution >= 4 is 17.2 Å². The maximum Gasteiger partial charge on any atom is 0.263 e. The second-order valence-corrected chi connectivity index (χ2v) is 7.58. The largest absolute Gasteiger partial charge is 0.494 e. The first kappa shape index (κ1) is 17.5. The first-order valence-electron chi connectivity index (χ1n) is 7.80. The molecule has 5 heteroatoms. The molecule has 0 saturated heterocycles. The van der Waals surface area contributed by atoms with Crippen molar-refractivity contribution in [2.45, 2.75) is 39.5 Å². The van der Waals surface area contributed by atoms with Crippen LogP contribution in [0.5, 0.6) is 5.75 Å². The molecule has 2 aromatic rings. The summed E-state index contributed by atoms with van der Waals surface area (Å²) in [5.41, 5.74) is 1.15. The van der Waals surface area contributed by atoms with Gasteiger partial charge in [0.2, 0.25) is 0 Å². The fourth-order valence-electron chi connectivity index (χ4n) is 1.98. The number of hydrogen-bond donors (Lipinski definition) is 1. The summed E-state index contributed by atoms with van der Waals surface area (Å²) in [5.74, 6) is 0.808. The molecular formula is C18H24N2O2S. The van der Waals surface area contributed by atoms with Crippen LogP contribution in [0.4, 0.5) is 0 Å². The van der Waals surface area contributed by atoms with Gasteiger partial charge in [-0.15, -0.1) is 11.3 Å². The van der Waals surface area contributed by atoms with Crippen LogP contribution in [0, 0.1) is 6.92 Å². The van der Waals surface area contributed by atoms with E-state index in [1.165, 1.54) is 16.9 Å². The van der Waals surface area contributed by atoms with Gasteiger partial charge < -0.3 is 10.1 Å². The van der Waals surface area contributed by atoms with E-state index in [4.69, 9.17) is 4.74 Å². The average molecular weight is 332 g/mol. The van der Waals surface area contributed by atoms with Gasteiger partial charge in [-0.05, 0) is 31.0 Å². The Morgan fingerprint density at radius 2 is 2.13 bits per heavy atom. The Kier molecular flexibility index (Phi) is 5.77. The number of aryl methyl sites for hydroxylation is 1. The van der Waals surface area contributed by atoms with Crippen LogP contribution in [0.2, 0.25) is 0 Å². The van der Waals surface area contributed by atoms with E-state index in [9.17, 15) is 4.79 Å². The molecule has 0 aliphatic carbocycles. The van der Waals surface area contributed by atoms with Crippen molar-refractivity contribution in [3.8, 4) is 5.75 Å². The van der Waals surface area contributed by atoms with Crippen LogP contribution in [0.25, 0.3) is 0 Å². The van der Waals surface area contributed by atoms with Gasteiger partial charge in [-0.3, -0.25) is 4.79 Å². The number of ether oxygens (including phenoxy) is 1. The van der Waals surface area contributed by atoms with Crippen LogP contribution in [-0.4, -0.2) is 24.0 Å². The van der Waals surface area contributed by atoms with Crippen LogP contribution in [0.3, 0.4) is 0 Å². The number of amides is 1. The minimum atomic E-state index is -0.0615. The first-order valence-corrected chi connectivity index (χ1v) is 8.62. The summed E-state index contributed by atoms with van der Waals surface area (Å²) in [5, 5.41) is 3.89. The summed E-state index contributed by atoms with van der Waals surface area (Å²) in [4.78, 5) is 17.1. The fraction of sp³-hybridized carbons (Fsp3) is 0.444. The number of carbonyl (C=O) groups excluding carboxylic acids is 1. The summed E-state index contributed by atoms with van der Waals surface area (Å²) < 4.78 is 5.66. The molecule has 1 heterocycles. The molecule has 1 amide bonds. The molecule has 0 aliphatic rings. The number of benzene rings is 1. The Morgan fingerprint density at radius 1 is 1.35 bits per heavy atom. The second-order valence-electron chi connectivity index (χ2n) is 6.55. The SMILES string of the molecule is Cc1cccc(OCCCNC(=O)c2cnc(C(C)(C)C)s2)c1. The molecule has 0 unspecified atom stereocenters. The van der Waals surface area contributed by atoms with Gasteiger partial charge in [0.15, 0.2) is 0 Å². The van der Waals surface area contributed by atoms with Crippen molar-refractivity contribution in [2.75, 3.05) is 13.2 Å². The van der Waals surface area contributed by atoms with E-state index in [1.54, 1.807) is 6.20 Å². The van der Waals surface area contributed by atoms with Crippen molar-refractivity contribution in [3.05, 3.63) is 45.9 Å². The fourth-order valence-corrected chi connectivity index (χ4v) is 2.87. The Hall–Kier alpha value is -1.88. The lowest BCUT2D eigenvalue weighted by Crippen LogP contribution is -2.24. The van der Waals surface area contributed by atoms with Gasteiger partial charge in [-0.25, -0.2) is 4.98 Å². The second kappa shape index (κ2) is 7.59. The van der Waals surface area contributed by atoms with E-state index in [-0.39, 0.29) is 11.3 Å². The number of nitrogens with one attached hydrogen (secondary N) is 1. The Labute approximate surface area is 141 Å². The molecule has 1 N–H and O–H groups in total. The van der Waals surface area contributed by atoms with Crippen LogP contribution >= 0.6 is 11.3 Å². The number of aromatic nitrogens is 1. The minimum absolute atomic E-state index is 0.0230. The van der Waals surface area contributed by atoms with Gasteiger partial charge in [0, 0.05) is 12.0 Å². The molecule has 0 bridgehead atoms. The van der Waals surface area contributed by atoms with Gasteiger partial charge in [0.25, 0.3) is 5.91 Å². The molecule has 0 fully saturated rings. The molecule has 1 aromatic carbocycles. The van der Waals surface area contributed by atoms with E-state index in [1.807, 2.05) is 31.2 Å². The zero-order chi connectivity index (χ0) is 16.9. The van der Waals surface area contributed by atoms with Crippen molar-refractivity contribution in [2.24, 2.45) is 0 Å². The van der Waals surface area contributed by atoms with E-state index >= 15 is 0 Å². The lowest BCUT2D eigenvalue weighted by molar-refractivity contribution is 0.0955. The van der Waals surface area contributed by atoms with E-state index < -0.39 is 0 Å². The minimum Gasteiger partial charge on any atom is -0.494 e. The van der Waals surface area contributed by atoms with Crippen LogP contribution in [-0.2, 0) is 5.41 Å². The predicted molar refractivity (Wildman–Crippen MR) is 94.4 cm³/mol. The zero-order valence-electron chi connectivity index (χ0n) is 14.2. The van der Waals surface area contributed by atoms with Gasteiger partial charge in [0.1, 0.15) is 10.6 Å². The molecular weight excluding hydrogens is 308 g/mol. The predicted octanol–water partition coefficient (Wildman–Crippen LogP) is 3.95. The maximum absolute atomic E-state index is 12.1. The molecule has 124 valence electrons. The van der Waals surface area contributed by atoms with Gasteiger partial charge in [0.05, 0.1) is 17.8 Å². The molecule has 23 heavy (non-hydrogen) atoms. The van der Waals surface area contributed by atoms with Crippen molar-refractivity contribution in [3.63, 3.8) is 0 Å². The Morgan fingerprint density at radius 3 is 2.78 bits per heavy atom. The number of hydrogen-bond acceptors (Lipinski definition) is 4. The van der Waals surface area contributed by atoms with E-state index in [0.29, 0.717) is 18.0 Å². The van der Waals surface area contributed by atoms with E-state index in [2.05, 4.69) is 31.1 Å². The molecule has 4 nitrogen and oxygen atoms in total. The third-order valence-corrected chi connectivity index (χ3v) is 4.66. The zero-order valence-corrected chi connectivity index (χ0v) is 15.0. The Balaban J connectivity index is 1.72. The highest BCUT2D eigenvalue weighted by Crippen LogP contribution is 2.26. The average Bonchev–Trinajstić information content (AvgIpc) is 2.97. The lowest BCUT2D eigenvalue weighted by Gasteiger charge is -2.13. The molecule has 0 spiro atoms. The summed E-state index contributed by atoms with van der Waals surface area (Å²) in [7, 11) is 0. The highest BCUT2D eigenvalue weighted by molar-refractivity contribution is 7.13. The summed E-state index contributed by atoms with van der Waals surface area (Å²) >= 11 is 1.46. The van der Waals surface area contributed by atoms with Crippen molar-refractivity contribution in [1.29, 1.82) is 0 Å². The van der Waals surface area contributed by atoms with Crippen LogP contribution in [0.15, 0.2) is 30.5 Å². The number of nitrogens with zero attached hydrogens (tertiary/aromatic N) is 1.